The van der Waals surface area contributed by atoms with Gasteiger partial charge in [0.15, 0.2) is 9.84 Å². The van der Waals surface area contributed by atoms with E-state index in [2.05, 4.69) is 50.4 Å². The Morgan fingerprint density at radius 1 is 1.17 bits per heavy atom. The van der Waals surface area contributed by atoms with Crippen molar-refractivity contribution in [2.75, 3.05) is 29.9 Å². The fourth-order valence-corrected chi connectivity index (χ4v) is 4.74. The van der Waals surface area contributed by atoms with Gasteiger partial charge in [-0.1, -0.05) is 18.2 Å². The largest absolute Gasteiger partial charge is 0.321 e. The molecular weight excluding hydrogens is 388 g/mol. The van der Waals surface area contributed by atoms with Gasteiger partial charge in [0.05, 0.1) is 29.1 Å². The fraction of sp³-hybridized carbons (Fsp3) is 0.350. The third-order valence-corrected chi connectivity index (χ3v) is 6.64. The number of benzene rings is 1. The first kappa shape index (κ1) is 19.5. The molecule has 152 valence electrons. The van der Waals surface area contributed by atoms with Gasteiger partial charge in [-0.15, -0.1) is 0 Å². The molecule has 1 saturated heterocycles. The maximum Gasteiger partial charge on any atom is 0.227 e. The van der Waals surface area contributed by atoms with E-state index in [9.17, 15) is 8.42 Å². The van der Waals surface area contributed by atoms with Gasteiger partial charge in [-0.3, -0.25) is 9.58 Å². The van der Waals surface area contributed by atoms with Crippen LogP contribution in [-0.4, -0.2) is 57.7 Å². The van der Waals surface area contributed by atoms with Crippen LogP contribution in [0.1, 0.15) is 11.1 Å². The monoisotopic (exact) mass is 412 g/mol. The maximum absolute atomic E-state index is 11.6. The molecule has 1 aliphatic heterocycles. The molecule has 1 fully saturated rings. The number of hydrogen-bond donors (Lipinski definition) is 1. The second kappa shape index (κ2) is 7.92. The summed E-state index contributed by atoms with van der Waals surface area (Å²) in [5.41, 5.74) is 5.03. The molecule has 0 saturated carbocycles. The number of nitrogens with one attached hydrogen (secondary N) is 1. The van der Waals surface area contributed by atoms with E-state index in [-0.39, 0.29) is 11.5 Å². The summed E-state index contributed by atoms with van der Waals surface area (Å²) in [5, 5.41) is 7.30. The molecule has 1 aromatic carbocycles. The number of aryl methyl sites for hydroxylation is 2. The lowest BCUT2D eigenvalue weighted by molar-refractivity contribution is 0.287. The summed E-state index contributed by atoms with van der Waals surface area (Å²) in [6.45, 7) is 4.01. The Morgan fingerprint density at radius 3 is 2.66 bits per heavy atom. The summed E-state index contributed by atoms with van der Waals surface area (Å²) in [6.07, 6.45) is 5.33. The lowest BCUT2D eigenvalue weighted by Crippen LogP contribution is -2.39. The van der Waals surface area contributed by atoms with Crippen LogP contribution in [0.25, 0.3) is 11.3 Å². The van der Waals surface area contributed by atoms with Gasteiger partial charge >= 0.3 is 0 Å². The van der Waals surface area contributed by atoms with Crippen LogP contribution in [0, 0.1) is 6.92 Å². The first-order valence-corrected chi connectivity index (χ1v) is 11.3. The Hall–Kier alpha value is -2.78. The Balaban J connectivity index is 1.48. The Labute approximate surface area is 170 Å². The van der Waals surface area contributed by atoms with E-state index in [0.717, 1.165) is 29.1 Å². The first-order valence-electron chi connectivity index (χ1n) is 9.49. The van der Waals surface area contributed by atoms with Gasteiger partial charge in [0.25, 0.3) is 0 Å². The summed E-state index contributed by atoms with van der Waals surface area (Å²) >= 11 is 0. The zero-order chi connectivity index (χ0) is 20.4. The number of nitrogens with zero attached hydrogens (tertiary/aromatic N) is 5. The number of sulfone groups is 1. The van der Waals surface area contributed by atoms with E-state index in [0.29, 0.717) is 19.0 Å². The second-order valence-electron chi connectivity index (χ2n) is 7.37. The maximum atomic E-state index is 11.6. The van der Waals surface area contributed by atoms with Crippen molar-refractivity contribution < 1.29 is 8.42 Å². The molecule has 29 heavy (non-hydrogen) atoms. The van der Waals surface area contributed by atoms with Crippen LogP contribution >= 0.6 is 0 Å². The summed E-state index contributed by atoms with van der Waals surface area (Å²) < 4.78 is 24.9. The summed E-state index contributed by atoms with van der Waals surface area (Å²) in [4.78, 5) is 11.1. The minimum atomic E-state index is -2.85. The van der Waals surface area contributed by atoms with Crippen molar-refractivity contribution in [3.05, 3.63) is 54.0 Å². The molecule has 3 heterocycles. The predicted octanol–water partition coefficient (Wildman–Crippen LogP) is 2.16. The van der Waals surface area contributed by atoms with Crippen molar-refractivity contribution in [1.82, 2.24) is 24.6 Å². The van der Waals surface area contributed by atoms with Crippen LogP contribution < -0.4 is 5.32 Å². The van der Waals surface area contributed by atoms with Crippen molar-refractivity contribution in [2.24, 2.45) is 7.05 Å². The highest BCUT2D eigenvalue weighted by Crippen LogP contribution is 2.24. The number of anilines is 2. The molecule has 1 N–H and O–H groups in total. The van der Waals surface area contributed by atoms with E-state index in [1.807, 2.05) is 19.3 Å². The molecule has 0 amide bonds. The molecule has 0 spiro atoms. The normalized spacial score (nSPS) is 16.6. The van der Waals surface area contributed by atoms with Crippen LogP contribution in [0.5, 0.6) is 0 Å². The van der Waals surface area contributed by atoms with Crippen LogP contribution in [0.4, 0.5) is 11.6 Å². The molecule has 0 unspecified atom stereocenters. The molecule has 0 aliphatic carbocycles. The van der Waals surface area contributed by atoms with Crippen molar-refractivity contribution in [2.45, 2.75) is 13.5 Å². The van der Waals surface area contributed by atoms with Gasteiger partial charge in [-0.05, 0) is 24.1 Å². The van der Waals surface area contributed by atoms with Gasteiger partial charge in [-0.2, -0.15) is 5.10 Å². The highest BCUT2D eigenvalue weighted by Gasteiger charge is 2.21. The molecule has 0 radical (unpaired) electrons. The van der Waals surface area contributed by atoms with Crippen LogP contribution in [0.3, 0.4) is 0 Å². The number of hydrogen-bond acceptors (Lipinski definition) is 7. The molecule has 4 rings (SSSR count). The third kappa shape index (κ3) is 4.80. The third-order valence-electron chi connectivity index (χ3n) is 5.03. The Bertz CT molecular complexity index is 1110. The highest BCUT2D eigenvalue weighted by atomic mass is 32.2. The summed E-state index contributed by atoms with van der Waals surface area (Å²) in [7, 11) is -0.994. The van der Waals surface area contributed by atoms with Gasteiger partial charge in [-0.25, -0.2) is 18.4 Å². The fourth-order valence-electron chi connectivity index (χ4n) is 3.46. The van der Waals surface area contributed by atoms with E-state index >= 15 is 0 Å². The summed E-state index contributed by atoms with van der Waals surface area (Å²) in [6, 6.07) is 8.20. The summed E-state index contributed by atoms with van der Waals surface area (Å²) in [5.74, 6) is 1.02. The topological polar surface area (TPSA) is 93.0 Å². The van der Waals surface area contributed by atoms with Crippen molar-refractivity contribution in [1.29, 1.82) is 0 Å². The quantitative estimate of drug-likeness (QED) is 0.686. The molecular formula is C20H24N6O2S. The Kier molecular flexibility index (Phi) is 5.33. The lowest BCUT2D eigenvalue weighted by Gasteiger charge is -2.26. The van der Waals surface area contributed by atoms with Crippen molar-refractivity contribution in [3.8, 4) is 11.3 Å². The Morgan fingerprint density at radius 2 is 1.97 bits per heavy atom. The predicted molar refractivity (Wildman–Crippen MR) is 113 cm³/mol. The molecule has 3 aromatic rings. The zero-order valence-electron chi connectivity index (χ0n) is 16.5. The first-order chi connectivity index (χ1) is 13.9. The van der Waals surface area contributed by atoms with Gasteiger partial charge in [0, 0.05) is 44.6 Å². The highest BCUT2D eigenvalue weighted by molar-refractivity contribution is 7.91. The molecule has 9 heteroatoms. The minimum Gasteiger partial charge on any atom is -0.321 e. The van der Waals surface area contributed by atoms with Crippen LogP contribution in [0.15, 0.2) is 42.9 Å². The molecule has 0 atom stereocenters. The average molecular weight is 413 g/mol. The van der Waals surface area contributed by atoms with E-state index < -0.39 is 9.84 Å². The van der Waals surface area contributed by atoms with Crippen LogP contribution in [0.2, 0.25) is 0 Å². The van der Waals surface area contributed by atoms with E-state index in [4.69, 9.17) is 0 Å². The number of rotatable bonds is 5. The van der Waals surface area contributed by atoms with E-state index in [1.54, 1.807) is 17.1 Å². The molecule has 1 aliphatic rings. The molecule has 8 nitrogen and oxygen atoms in total. The van der Waals surface area contributed by atoms with Crippen molar-refractivity contribution in [3.63, 3.8) is 0 Å². The second-order valence-corrected chi connectivity index (χ2v) is 9.67. The smallest absolute Gasteiger partial charge is 0.227 e. The van der Waals surface area contributed by atoms with Crippen LogP contribution in [-0.2, 0) is 23.4 Å². The standard InChI is InChI=1S/C20H24N6O2S/c1-15-11-16(13-26-7-9-29(27,28)10-8-26)3-4-18(15)19-5-6-21-20(24-19)23-17-12-22-25(2)14-17/h3-6,11-12,14H,7-10,13H2,1-2H3,(H,21,23,24). The number of aromatic nitrogens is 4. The average Bonchev–Trinajstić information content (AvgIpc) is 3.08. The SMILES string of the molecule is Cc1cc(CN2CCS(=O)(=O)CC2)ccc1-c1ccnc(Nc2cnn(C)c2)n1. The zero-order valence-corrected chi connectivity index (χ0v) is 17.4. The lowest BCUT2D eigenvalue weighted by atomic mass is 10.0. The van der Waals surface area contributed by atoms with Crippen molar-refractivity contribution >= 4 is 21.5 Å². The van der Waals surface area contributed by atoms with Gasteiger partial charge in [0.1, 0.15) is 0 Å². The van der Waals surface area contributed by atoms with E-state index in [1.165, 1.54) is 5.56 Å². The molecule has 2 aromatic heterocycles. The van der Waals surface area contributed by atoms with Gasteiger partial charge < -0.3 is 5.32 Å². The molecule has 0 bridgehead atoms. The van der Waals surface area contributed by atoms with Gasteiger partial charge in [0.2, 0.25) is 5.95 Å². The minimum absolute atomic E-state index is 0.248.